The van der Waals surface area contributed by atoms with Crippen LogP contribution in [-0.4, -0.2) is 44.6 Å². The Morgan fingerprint density at radius 2 is 1.97 bits per heavy atom. The van der Waals surface area contributed by atoms with Crippen molar-refractivity contribution in [2.75, 3.05) is 13.1 Å². The highest BCUT2D eigenvalue weighted by atomic mass is 32.2. The summed E-state index contributed by atoms with van der Waals surface area (Å²) in [6, 6.07) is 8.08. The van der Waals surface area contributed by atoms with Crippen LogP contribution in [0.4, 0.5) is 0 Å². The Balaban J connectivity index is 1.62. The lowest BCUT2D eigenvalue weighted by atomic mass is 9.96. The molecule has 0 aliphatic carbocycles. The Labute approximate surface area is 206 Å². The molecule has 4 rings (SSSR count). The first-order valence-corrected chi connectivity index (χ1v) is 13.0. The molecule has 34 heavy (non-hydrogen) atoms. The van der Waals surface area contributed by atoms with Crippen LogP contribution in [0, 0.1) is 12.8 Å². The third-order valence-corrected chi connectivity index (χ3v) is 8.12. The molecular formula is C25H28N4O3S2. The van der Waals surface area contributed by atoms with Gasteiger partial charge in [-0.15, -0.1) is 17.9 Å². The summed E-state index contributed by atoms with van der Waals surface area (Å²) in [6.45, 7) is 8.97. The molecule has 0 radical (unpaired) electrons. The minimum Gasteiger partial charge on any atom is -0.369 e. The molecule has 0 spiro atoms. The molecule has 178 valence electrons. The average molecular weight is 497 g/mol. The molecule has 2 amide bonds. The molecule has 1 unspecified atom stereocenters. The zero-order valence-corrected chi connectivity index (χ0v) is 21.0. The molecule has 1 fully saturated rings. The van der Waals surface area contributed by atoms with E-state index >= 15 is 0 Å². The second-order valence-corrected chi connectivity index (χ2v) is 10.7. The SMILES string of the molecule is C=CCn1c(SC(C)C(=O)N2CCC(C(N)=O)CC2)nc2scc(-c3ccc(C)cc3)c2c1=O. The number of carbonyl (C=O) groups is 2. The number of nitrogens with zero attached hydrogens (tertiary/aromatic N) is 3. The van der Waals surface area contributed by atoms with Gasteiger partial charge in [-0.2, -0.15) is 0 Å². The van der Waals surface area contributed by atoms with Crippen LogP contribution in [0.2, 0.25) is 0 Å². The van der Waals surface area contributed by atoms with Gasteiger partial charge in [-0.1, -0.05) is 47.7 Å². The maximum absolute atomic E-state index is 13.5. The number of aryl methyl sites for hydroxylation is 1. The zero-order chi connectivity index (χ0) is 24.4. The number of primary amides is 1. The van der Waals surface area contributed by atoms with E-state index in [1.54, 1.807) is 15.5 Å². The maximum Gasteiger partial charge on any atom is 0.263 e. The molecule has 3 aromatic rings. The van der Waals surface area contributed by atoms with E-state index in [1.165, 1.54) is 23.1 Å². The van der Waals surface area contributed by atoms with Crippen molar-refractivity contribution in [1.29, 1.82) is 0 Å². The highest BCUT2D eigenvalue weighted by molar-refractivity contribution is 8.00. The van der Waals surface area contributed by atoms with Crippen LogP contribution < -0.4 is 11.3 Å². The Morgan fingerprint density at radius 1 is 1.29 bits per heavy atom. The number of hydrogen-bond donors (Lipinski definition) is 1. The molecule has 2 aromatic heterocycles. The van der Waals surface area contributed by atoms with E-state index in [4.69, 9.17) is 10.7 Å². The minimum absolute atomic E-state index is 0.0288. The summed E-state index contributed by atoms with van der Waals surface area (Å²) in [6.07, 6.45) is 2.83. The average Bonchev–Trinajstić information content (AvgIpc) is 3.25. The number of benzene rings is 1. The molecule has 2 N–H and O–H groups in total. The van der Waals surface area contributed by atoms with Gasteiger partial charge in [0.2, 0.25) is 11.8 Å². The third-order valence-electron chi connectivity index (χ3n) is 6.17. The molecule has 1 aromatic carbocycles. The number of piperidine rings is 1. The first kappa shape index (κ1) is 24.2. The fourth-order valence-electron chi connectivity index (χ4n) is 4.18. The second kappa shape index (κ2) is 10.1. The number of thiophene rings is 1. The number of allylic oxidation sites excluding steroid dienone is 1. The molecule has 1 aliphatic heterocycles. The highest BCUT2D eigenvalue weighted by Crippen LogP contribution is 2.33. The molecule has 9 heteroatoms. The lowest BCUT2D eigenvalue weighted by Gasteiger charge is -2.32. The van der Waals surface area contributed by atoms with E-state index in [0.29, 0.717) is 47.8 Å². The van der Waals surface area contributed by atoms with Crippen molar-refractivity contribution < 1.29 is 9.59 Å². The van der Waals surface area contributed by atoms with Gasteiger partial charge in [0.15, 0.2) is 5.16 Å². The summed E-state index contributed by atoms with van der Waals surface area (Å²) in [4.78, 5) is 45.2. The van der Waals surface area contributed by atoms with Gasteiger partial charge in [-0.3, -0.25) is 19.0 Å². The molecule has 1 aliphatic rings. The van der Waals surface area contributed by atoms with Crippen LogP contribution in [0.3, 0.4) is 0 Å². The number of carbonyl (C=O) groups excluding carboxylic acids is 2. The molecule has 0 saturated carbocycles. The number of rotatable bonds is 7. The van der Waals surface area contributed by atoms with Crippen LogP contribution in [0.25, 0.3) is 21.3 Å². The van der Waals surface area contributed by atoms with E-state index < -0.39 is 5.25 Å². The number of nitrogens with two attached hydrogens (primary N) is 1. The van der Waals surface area contributed by atoms with E-state index in [2.05, 4.69) is 6.58 Å². The number of aromatic nitrogens is 2. The molecule has 0 bridgehead atoms. The van der Waals surface area contributed by atoms with Gasteiger partial charge in [0.05, 0.1) is 10.6 Å². The van der Waals surface area contributed by atoms with E-state index in [0.717, 1.165) is 16.7 Å². The topological polar surface area (TPSA) is 98.3 Å². The second-order valence-electron chi connectivity index (χ2n) is 8.56. The number of hydrogen-bond acceptors (Lipinski definition) is 6. The van der Waals surface area contributed by atoms with Gasteiger partial charge in [0.25, 0.3) is 5.56 Å². The van der Waals surface area contributed by atoms with Crippen molar-refractivity contribution in [1.82, 2.24) is 14.5 Å². The maximum atomic E-state index is 13.5. The van der Waals surface area contributed by atoms with Gasteiger partial charge in [-0.05, 0) is 32.3 Å². The minimum atomic E-state index is -0.429. The summed E-state index contributed by atoms with van der Waals surface area (Å²) in [7, 11) is 0. The van der Waals surface area contributed by atoms with Crippen molar-refractivity contribution >= 4 is 45.1 Å². The smallest absolute Gasteiger partial charge is 0.263 e. The monoisotopic (exact) mass is 496 g/mol. The fourth-order valence-corrected chi connectivity index (χ4v) is 6.17. The Morgan fingerprint density at radius 3 is 2.59 bits per heavy atom. The van der Waals surface area contributed by atoms with Gasteiger partial charge in [0.1, 0.15) is 4.83 Å². The van der Waals surface area contributed by atoms with Gasteiger partial charge >= 0.3 is 0 Å². The Bertz CT molecular complexity index is 1290. The van der Waals surface area contributed by atoms with E-state index in [9.17, 15) is 14.4 Å². The van der Waals surface area contributed by atoms with Crippen molar-refractivity contribution in [3.05, 3.63) is 58.2 Å². The Kier molecular flexibility index (Phi) is 7.23. The van der Waals surface area contributed by atoms with Crippen molar-refractivity contribution in [2.24, 2.45) is 11.7 Å². The van der Waals surface area contributed by atoms with E-state index in [-0.39, 0.29) is 23.3 Å². The predicted octanol–water partition coefficient (Wildman–Crippen LogP) is 3.82. The fraction of sp³-hybridized carbons (Fsp3) is 0.360. The summed E-state index contributed by atoms with van der Waals surface area (Å²) >= 11 is 2.71. The standard InChI is InChI=1S/C25H28N4O3S2/c1-4-11-29-24(32)20-19(17-7-5-15(2)6-8-17)14-33-22(20)27-25(29)34-16(3)23(31)28-12-9-18(10-13-28)21(26)30/h4-8,14,16,18H,1,9-13H2,2-3H3,(H2,26,30). The number of likely N-dealkylation sites (tertiary alicyclic amines) is 1. The number of thioether (sulfide) groups is 1. The van der Waals surface area contributed by atoms with Gasteiger partial charge in [0, 0.05) is 36.5 Å². The third kappa shape index (κ3) is 4.81. The predicted molar refractivity (Wildman–Crippen MR) is 138 cm³/mol. The van der Waals surface area contributed by atoms with Crippen LogP contribution in [0.5, 0.6) is 0 Å². The summed E-state index contributed by atoms with van der Waals surface area (Å²) in [5, 5.41) is 2.63. The van der Waals surface area contributed by atoms with Gasteiger partial charge < -0.3 is 10.6 Å². The van der Waals surface area contributed by atoms with Crippen molar-refractivity contribution in [3.63, 3.8) is 0 Å². The van der Waals surface area contributed by atoms with Crippen molar-refractivity contribution in [3.8, 4) is 11.1 Å². The zero-order valence-electron chi connectivity index (χ0n) is 19.3. The molecule has 3 heterocycles. The lowest BCUT2D eigenvalue weighted by molar-refractivity contribution is -0.134. The first-order chi connectivity index (χ1) is 16.3. The summed E-state index contributed by atoms with van der Waals surface area (Å²) in [5.41, 5.74) is 8.27. The molecule has 7 nitrogen and oxygen atoms in total. The van der Waals surface area contributed by atoms with Crippen molar-refractivity contribution in [2.45, 2.75) is 43.6 Å². The molecular weight excluding hydrogens is 468 g/mol. The summed E-state index contributed by atoms with van der Waals surface area (Å²) < 4.78 is 1.59. The van der Waals surface area contributed by atoms with Crippen LogP contribution in [0.15, 0.2) is 52.3 Å². The molecule has 1 saturated heterocycles. The van der Waals surface area contributed by atoms with Crippen LogP contribution in [-0.2, 0) is 16.1 Å². The number of amides is 2. The van der Waals surface area contributed by atoms with Gasteiger partial charge in [-0.25, -0.2) is 4.98 Å². The summed E-state index contributed by atoms with van der Waals surface area (Å²) in [5.74, 6) is -0.504. The Hall–Kier alpha value is -2.91. The number of fused-ring (bicyclic) bond motifs is 1. The quantitative estimate of drug-likeness (QED) is 0.305. The molecule has 1 atom stereocenters. The first-order valence-electron chi connectivity index (χ1n) is 11.2. The van der Waals surface area contributed by atoms with Crippen LogP contribution in [0.1, 0.15) is 25.3 Å². The van der Waals surface area contributed by atoms with E-state index in [1.807, 2.05) is 43.5 Å². The highest BCUT2D eigenvalue weighted by Gasteiger charge is 2.29. The normalized spacial score (nSPS) is 15.4. The van der Waals surface area contributed by atoms with Crippen LogP contribution >= 0.6 is 23.1 Å². The lowest BCUT2D eigenvalue weighted by Crippen LogP contribution is -2.44. The largest absolute Gasteiger partial charge is 0.369 e.